The highest BCUT2D eigenvalue weighted by molar-refractivity contribution is 5.79. The number of likely N-dealkylation sites (tertiary alicyclic amines) is 1. The van der Waals surface area contributed by atoms with Crippen molar-refractivity contribution in [2.75, 3.05) is 6.54 Å². The summed E-state index contributed by atoms with van der Waals surface area (Å²) >= 11 is 0. The number of amides is 1. The zero-order valence-corrected chi connectivity index (χ0v) is 11.0. The van der Waals surface area contributed by atoms with Crippen LogP contribution in [0.4, 0.5) is 0 Å². The molecule has 1 saturated heterocycles. The van der Waals surface area contributed by atoms with Gasteiger partial charge in [0.1, 0.15) is 0 Å². The number of rotatable bonds is 3. The van der Waals surface area contributed by atoms with Crippen molar-refractivity contribution in [2.24, 2.45) is 11.8 Å². The summed E-state index contributed by atoms with van der Waals surface area (Å²) in [7, 11) is 0. The molecule has 0 N–H and O–H groups in total. The lowest BCUT2D eigenvalue weighted by molar-refractivity contribution is -0.130. The maximum absolute atomic E-state index is 12.1. The number of hydrogen-bond acceptors (Lipinski definition) is 1. The van der Waals surface area contributed by atoms with Crippen LogP contribution < -0.4 is 0 Å². The van der Waals surface area contributed by atoms with E-state index in [0.717, 1.165) is 0 Å². The number of benzene rings is 1. The largest absolute Gasteiger partial charge is 0.334 e. The van der Waals surface area contributed by atoms with Gasteiger partial charge in [-0.05, 0) is 11.5 Å². The first-order valence-electron chi connectivity index (χ1n) is 6.44. The van der Waals surface area contributed by atoms with Crippen LogP contribution in [0, 0.1) is 24.2 Å². The van der Waals surface area contributed by atoms with E-state index < -0.39 is 0 Å². The minimum atomic E-state index is 0.0717. The Morgan fingerprint density at radius 1 is 1.33 bits per heavy atom. The van der Waals surface area contributed by atoms with E-state index in [1.54, 1.807) is 0 Å². The Morgan fingerprint density at radius 3 is 2.50 bits per heavy atom. The van der Waals surface area contributed by atoms with Crippen molar-refractivity contribution >= 4 is 5.91 Å². The molecule has 1 heterocycles. The van der Waals surface area contributed by atoms with Crippen molar-refractivity contribution in [3.8, 4) is 12.3 Å². The van der Waals surface area contributed by atoms with Crippen LogP contribution in [0.5, 0.6) is 0 Å². The second kappa shape index (κ2) is 5.27. The Hall–Kier alpha value is -1.75. The van der Waals surface area contributed by atoms with Gasteiger partial charge in [-0.25, -0.2) is 0 Å². The van der Waals surface area contributed by atoms with Crippen LogP contribution in [0.2, 0.25) is 0 Å². The van der Waals surface area contributed by atoms with E-state index >= 15 is 0 Å². The number of terminal acetylenes is 1. The average Bonchev–Trinajstić information content (AvgIpc) is 2.72. The molecule has 0 saturated carbocycles. The Labute approximate surface area is 109 Å². The first-order valence-corrected chi connectivity index (χ1v) is 6.44. The van der Waals surface area contributed by atoms with Gasteiger partial charge in [-0.1, -0.05) is 44.2 Å². The Morgan fingerprint density at radius 2 is 2.00 bits per heavy atom. The zero-order valence-electron chi connectivity index (χ0n) is 11.0. The van der Waals surface area contributed by atoms with Crippen molar-refractivity contribution in [3.63, 3.8) is 0 Å². The second-order valence-electron chi connectivity index (χ2n) is 5.21. The molecule has 0 spiro atoms. The van der Waals surface area contributed by atoms with Crippen LogP contribution >= 0.6 is 0 Å². The molecule has 2 atom stereocenters. The van der Waals surface area contributed by atoms with Gasteiger partial charge in [0.05, 0.1) is 6.04 Å². The van der Waals surface area contributed by atoms with Gasteiger partial charge in [0.2, 0.25) is 5.91 Å². The van der Waals surface area contributed by atoms with Crippen molar-refractivity contribution < 1.29 is 4.79 Å². The maximum atomic E-state index is 12.1. The van der Waals surface area contributed by atoms with Crippen molar-refractivity contribution in [1.82, 2.24) is 4.90 Å². The molecule has 0 radical (unpaired) electrons. The number of hydrogen-bond donors (Lipinski definition) is 0. The molecular weight excluding hydrogens is 222 g/mol. The summed E-state index contributed by atoms with van der Waals surface area (Å²) in [6.45, 7) is 4.98. The van der Waals surface area contributed by atoms with E-state index in [1.165, 1.54) is 5.56 Å². The van der Waals surface area contributed by atoms with Crippen LogP contribution in [0.15, 0.2) is 30.3 Å². The second-order valence-corrected chi connectivity index (χ2v) is 5.21. The summed E-state index contributed by atoms with van der Waals surface area (Å²) in [6, 6.07) is 10.3. The molecule has 0 aromatic heterocycles. The average molecular weight is 241 g/mol. The van der Waals surface area contributed by atoms with E-state index in [2.05, 4.69) is 31.9 Å². The zero-order chi connectivity index (χ0) is 13.1. The SMILES string of the molecule is C#CC1CC(=O)N(C(c2ccccc2)C(C)C)C1. The summed E-state index contributed by atoms with van der Waals surface area (Å²) in [4.78, 5) is 14.0. The molecule has 1 aromatic carbocycles. The Balaban J connectivity index is 2.28. The normalized spacial score (nSPS) is 21.1. The number of nitrogens with zero attached hydrogens (tertiary/aromatic N) is 1. The minimum Gasteiger partial charge on any atom is -0.334 e. The molecule has 0 bridgehead atoms. The molecule has 2 unspecified atom stereocenters. The molecule has 2 heteroatoms. The van der Waals surface area contributed by atoms with Gasteiger partial charge in [0, 0.05) is 18.9 Å². The maximum Gasteiger partial charge on any atom is 0.224 e. The monoisotopic (exact) mass is 241 g/mol. The summed E-state index contributed by atoms with van der Waals surface area (Å²) in [5, 5.41) is 0. The van der Waals surface area contributed by atoms with E-state index in [0.29, 0.717) is 18.9 Å². The molecule has 2 rings (SSSR count). The van der Waals surface area contributed by atoms with Gasteiger partial charge in [-0.2, -0.15) is 0 Å². The van der Waals surface area contributed by atoms with Gasteiger partial charge in [0.15, 0.2) is 0 Å². The number of carbonyl (C=O) groups is 1. The highest BCUT2D eigenvalue weighted by Gasteiger charge is 2.35. The van der Waals surface area contributed by atoms with Gasteiger partial charge < -0.3 is 4.90 Å². The first kappa shape index (κ1) is 12.7. The summed E-state index contributed by atoms with van der Waals surface area (Å²) in [6.07, 6.45) is 5.94. The van der Waals surface area contributed by atoms with E-state index in [-0.39, 0.29) is 17.9 Å². The van der Waals surface area contributed by atoms with Gasteiger partial charge in [0.25, 0.3) is 0 Å². The van der Waals surface area contributed by atoms with Crippen LogP contribution in [0.1, 0.15) is 31.9 Å². The predicted octanol–water partition coefficient (Wildman–Crippen LogP) is 2.87. The van der Waals surface area contributed by atoms with Crippen LogP contribution in [0.25, 0.3) is 0 Å². The Bertz CT molecular complexity index is 458. The fourth-order valence-corrected chi connectivity index (χ4v) is 2.69. The van der Waals surface area contributed by atoms with Gasteiger partial charge >= 0.3 is 0 Å². The van der Waals surface area contributed by atoms with E-state index in [9.17, 15) is 4.79 Å². The van der Waals surface area contributed by atoms with Crippen molar-refractivity contribution in [1.29, 1.82) is 0 Å². The molecule has 1 amide bonds. The van der Waals surface area contributed by atoms with Gasteiger partial charge in [-0.15, -0.1) is 12.3 Å². The lowest BCUT2D eigenvalue weighted by atomic mass is 9.94. The topological polar surface area (TPSA) is 20.3 Å². The molecule has 1 aliphatic rings. The molecule has 18 heavy (non-hydrogen) atoms. The highest BCUT2D eigenvalue weighted by atomic mass is 16.2. The van der Waals surface area contributed by atoms with Gasteiger partial charge in [-0.3, -0.25) is 4.79 Å². The first-order chi connectivity index (χ1) is 8.63. The number of carbonyl (C=O) groups excluding carboxylic acids is 1. The third-order valence-corrected chi connectivity index (χ3v) is 3.50. The minimum absolute atomic E-state index is 0.0717. The molecular formula is C16H19NO. The third kappa shape index (κ3) is 2.41. The molecule has 0 aliphatic carbocycles. The fraction of sp³-hybridized carbons (Fsp3) is 0.438. The molecule has 2 nitrogen and oxygen atoms in total. The smallest absolute Gasteiger partial charge is 0.224 e. The standard InChI is InChI=1S/C16H19NO/c1-4-13-10-15(18)17(11-13)16(12(2)3)14-8-6-5-7-9-14/h1,5-9,12-13,16H,10-11H2,2-3H3. The van der Waals surface area contributed by atoms with E-state index in [1.807, 2.05) is 23.1 Å². The van der Waals surface area contributed by atoms with E-state index in [4.69, 9.17) is 6.42 Å². The predicted molar refractivity (Wildman–Crippen MR) is 72.7 cm³/mol. The lowest BCUT2D eigenvalue weighted by Gasteiger charge is -2.31. The Kier molecular flexibility index (Phi) is 3.72. The molecule has 1 aliphatic heterocycles. The molecule has 1 fully saturated rings. The van der Waals surface area contributed by atoms with Crippen LogP contribution in [-0.4, -0.2) is 17.4 Å². The quantitative estimate of drug-likeness (QED) is 0.745. The highest BCUT2D eigenvalue weighted by Crippen LogP contribution is 2.33. The summed E-state index contributed by atoms with van der Waals surface area (Å²) < 4.78 is 0. The fourth-order valence-electron chi connectivity index (χ4n) is 2.69. The van der Waals surface area contributed by atoms with Crippen molar-refractivity contribution in [2.45, 2.75) is 26.3 Å². The molecule has 1 aromatic rings. The third-order valence-electron chi connectivity index (χ3n) is 3.50. The summed E-state index contributed by atoms with van der Waals surface area (Å²) in [5.74, 6) is 3.34. The van der Waals surface area contributed by atoms with Crippen LogP contribution in [0.3, 0.4) is 0 Å². The molecule has 94 valence electrons. The lowest BCUT2D eigenvalue weighted by Crippen LogP contribution is -2.33. The van der Waals surface area contributed by atoms with Crippen LogP contribution in [-0.2, 0) is 4.79 Å². The van der Waals surface area contributed by atoms with Crippen molar-refractivity contribution in [3.05, 3.63) is 35.9 Å². The summed E-state index contributed by atoms with van der Waals surface area (Å²) in [5.41, 5.74) is 1.19.